The standard InChI is InChI=1S/C29H29ClFN5O3/c1-35-28(26(30)16-32-35)25-15-23(34-29(37)33-22-9-7-21(31)8-10-22)11-12-27(25)39-19-24-18-38-14-13-36(24)17-20-5-3-2-4-6-20/h2-12,15-16,24H,13-14,17-19H2,1H3,(H2,33,34,37)/t24-/m0/s1. The summed E-state index contributed by atoms with van der Waals surface area (Å²) in [7, 11) is 1.79. The smallest absolute Gasteiger partial charge is 0.323 e. The molecule has 2 N–H and O–H groups in total. The van der Waals surface area contributed by atoms with Crippen molar-refractivity contribution < 1.29 is 18.7 Å². The summed E-state index contributed by atoms with van der Waals surface area (Å²) in [6.45, 7) is 3.28. The monoisotopic (exact) mass is 549 g/mol. The minimum atomic E-state index is -0.465. The van der Waals surface area contributed by atoms with Gasteiger partial charge in [0.2, 0.25) is 0 Å². The molecule has 2 amide bonds. The number of hydrogen-bond acceptors (Lipinski definition) is 5. The lowest BCUT2D eigenvalue weighted by molar-refractivity contribution is -0.0273. The van der Waals surface area contributed by atoms with E-state index < -0.39 is 6.03 Å². The van der Waals surface area contributed by atoms with Gasteiger partial charge in [0.1, 0.15) is 18.2 Å². The lowest BCUT2D eigenvalue weighted by Crippen LogP contribution is -2.48. The van der Waals surface area contributed by atoms with Crippen molar-refractivity contribution in [3.05, 3.63) is 95.4 Å². The average molecular weight is 550 g/mol. The van der Waals surface area contributed by atoms with Crippen LogP contribution in [0.25, 0.3) is 11.3 Å². The maximum Gasteiger partial charge on any atom is 0.323 e. The van der Waals surface area contributed by atoms with E-state index in [1.54, 1.807) is 36.1 Å². The van der Waals surface area contributed by atoms with Gasteiger partial charge in [-0.3, -0.25) is 9.58 Å². The first kappa shape index (κ1) is 26.7. The van der Waals surface area contributed by atoms with E-state index in [4.69, 9.17) is 21.1 Å². The fraction of sp³-hybridized carbons (Fsp3) is 0.241. The molecule has 8 nitrogen and oxygen atoms in total. The number of anilines is 2. The number of amides is 2. The molecule has 2 heterocycles. The number of carbonyl (C=O) groups is 1. The van der Waals surface area contributed by atoms with Crippen LogP contribution in [0.2, 0.25) is 5.02 Å². The van der Waals surface area contributed by atoms with Crippen LogP contribution >= 0.6 is 11.6 Å². The van der Waals surface area contributed by atoms with Gasteiger partial charge < -0.3 is 20.1 Å². The van der Waals surface area contributed by atoms with Crippen LogP contribution in [0.4, 0.5) is 20.6 Å². The molecule has 3 aromatic carbocycles. The third-order valence-corrected chi connectivity index (χ3v) is 6.77. The summed E-state index contributed by atoms with van der Waals surface area (Å²) < 4.78 is 27.0. The van der Waals surface area contributed by atoms with E-state index in [2.05, 4.69) is 32.8 Å². The van der Waals surface area contributed by atoms with E-state index in [0.717, 1.165) is 13.1 Å². The largest absolute Gasteiger partial charge is 0.491 e. The number of benzene rings is 3. The minimum Gasteiger partial charge on any atom is -0.491 e. The molecule has 1 saturated heterocycles. The quantitative estimate of drug-likeness (QED) is 0.290. The molecule has 1 aromatic heterocycles. The molecular formula is C29H29ClFN5O3. The van der Waals surface area contributed by atoms with Gasteiger partial charge >= 0.3 is 6.03 Å². The Hall–Kier alpha value is -3.92. The first-order chi connectivity index (χ1) is 19.0. The predicted octanol–water partition coefficient (Wildman–Crippen LogP) is 5.80. The molecule has 0 saturated carbocycles. The Labute approximate surface area is 231 Å². The number of hydrogen-bond donors (Lipinski definition) is 2. The summed E-state index contributed by atoms with van der Waals surface area (Å²) in [5, 5.41) is 10.2. The summed E-state index contributed by atoms with van der Waals surface area (Å²) in [5.41, 5.74) is 3.58. The van der Waals surface area contributed by atoms with Gasteiger partial charge in [-0.2, -0.15) is 5.10 Å². The Balaban J connectivity index is 1.33. The van der Waals surface area contributed by atoms with E-state index in [1.807, 2.05) is 18.2 Å². The maximum atomic E-state index is 13.2. The summed E-state index contributed by atoms with van der Waals surface area (Å²) >= 11 is 6.49. The molecule has 4 aromatic rings. The second-order valence-electron chi connectivity index (χ2n) is 9.26. The number of carbonyl (C=O) groups excluding carboxylic acids is 1. The van der Waals surface area contributed by atoms with Gasteiger partial charge in [-0.15, -0.1) is 0 Å². The van der Waals surface area contributed by atoms with Crippen LogP contribution in [-0.2, 0) is 18.3 Å². The molecule has 1 aliphatic heterocycles. The highest BCUT2D eigenvalue weighted by molar-refractivity contribution is 6.33. The summed E-state index contributed by atoms with van der Waals surface area (Å²) in [6.07, 6.45) is 1.57. The van der Waals surface area contributed by atoms with Crippen LogP contribution in [0, 0.1) is 5.82 Å². The highest BCUT2D eigenvalue weighted by Gasteiger charge is 2.25. The number of aromatic nitrogens is 2. The Morgan fingerprint density at radius 3 is 2.59 bits per heavy atom. The van der Waals surface area contributed by atoms with Crippen LogP contribution in [-0.4, -0.2) is 53.1 Å². The zero-order chi connectivity index (χ0) is 27.2. The van der Waals surface area contributed by atoms with Gasteiger partial charge in [0.25, 0.3) is 0 Å². The molecule has 1 atom stereocenters. The van der Waals surface area contributed by atoms with Crippen molar-refractivity contribution in [1.29, 1.82) is 0 Å². The fourth-order valence-corrected chi connectivity index (χ4v) is 4.78. The minimum absolute atomic E-state index is 0.0631. The van der Waals surface area contributed by atoms with Crippen molar-refractivity contribution in [2.24, 2.45) is 7.05 Å². The van der Waals surface area contributed by atoms with Crippen LogP contribution in [0.5, 0.6) is 5.75 Å². The van der Waals surface area contributed by atoms with Crippen molar-refractivity contribution >= 4 is 29.0 Å². The van der Waals surface area contributed by atoms with Crippen molar-refractivity contribution in [3.8, 4) is 17.0 Å². The molecule has 10 heteroatoms. The van der Waals surface area contributed by atoms with Gasteiger partial charge in [0, 0.05) is 37.1 Å². The number of halogens is 2. The first-order valence-corrected chi connectivity index (χ1v) is 13.0. The number of morpholine rings is 1. The molecule has 1 aliphatic rings. The Morgan fingerprint density at radius 2 is 1.85 bits per heavy atom. The van der Waals surface area contributed by atoms with Gasteiger partial charge in [-0.1, -0.05) is 41.9 Å². The van der Waals surface area contributed by atoms with Gasteiger partial charge in [0.15, 0.2) is 0 Å². The predicted molar refractivity (Wildman–Crippen MR) is 150 cm³/mol. The topological polar surface area (TPSA) is 80.7 Å². The number of nitrogens with one attached hydrogen (secondary N) is 2. The number of urea groups is 1. The average Bonchev–Trinajstić information content (AvgIpc) is 3.28. The molecule has 0 bridgehead atoms. The maximum absolute atomic E-state index is 13.2. The fourth-order valence-electron chi connectivity index (χ4n) is 4.51. The second kappa shape index (κ2) is 12.3. The third-order valence-electron chi connectivity index (χ3n) is 6.50. The Kier molecular flexibility index (Phi) is 8.41. The van der Waals surface area contributed by atoms with Crippen LogP contribution < -0.4 is 15.4 Å². The summed E-state index contributed by atoms with van der Waals surface area (Å²) in [6, 6.07) is 20.8. The molecule has 202 valence electrons. The molecule has 39 heavy (non-hydrogen) atoms. The van der Waals surface area contributed by atoms with E-state index in [-0.39, 0.29) is 11.9 Å². The van der Waals surface area contributed by atoms with E-state index in [0.29, 0.717) is 53.2 Å². The summed E-state index contributed by atoms with van der Waals surface area (Å²) in [4.78, 5) is 15.0. The second-order valence-corrected chi connectivity index (χ2v) is 9.66. The van der Waals surface area contributed by atoms with Crippen LogP contribution in [0.1, 0.15) is 5.56 Å². The van der Waals surface area contributed by atoms with Crippen molar-refractivity contribution in [2.45, 2.75) is 12.6 Å². The molecule has 0 spiro atoms. The molecular weight excluding hydrogens is 521 g/mol. The SMILES string of the molecule is Cn1ncc(Cl)c1-c1cc(NC(=O)Nc2ccc(F)cc2)ccc1OC[C@@H]1COCCN1Cc1ccccc1. The Bertz CT molecular complexity index is 1390. The summed E-state index contributed by atoms with van der Waals surface area (Å²) in [5.74, 6) is 0.229. The lowest BCUT2D eigenvalue weighted by atomic mass is 10.1. The van der Waals surface area contributed by atoms with E-state index in [9.17, 15) is 9.18 Å². The number of nitrogens with zero attached hydrogens (tertiary/aromatic N) is 3. The van der Waals surface area contributed by atoms with Gasteiger partial charge in [-0.25, -0.2) is 9.18 Å². The van der Waals surface area contributed by atoms with Crippen LogP contribution in [0.3, 0.4) is 0 Å². The zero-order valence-corrected chi connectivity index (χ0v) is 22.2. The van der Waals surface area contributed by atoms with Crippen molar-refractivity contribution in [1.82, 2.24) is 14.7 Å². The van der Waals surface area contributed by atoms with Crippen molar-refractivity contribution in [3.63, 3.8) is 0 Å². The molecule has 5 rings (SSSR count). The lowest BCUT2D eigenvalue weighted by Gasteiger charge is -2.35. The van der Waals surface area contributed by atoms with Crippen LogP contribution in [0.15, 0.2) is 79.0 Å². The third kappa shape index (κ3) is 6.75. The van der Waals surface area contributed by atoms with E-state index in [1.165, 1.54) is 29.8 Å². The first-order valence-electron chi connectivity index (χ1n) is 12.6. The zero-order valence-electron chi connectivity index (χ0n) is 21.4. The number of aryl methyl sites for hydroxylation is 1. The molecule has 1 fully saturated rings. The highest BCUT2D eigenvalue weighted by atomic mass is 35.5. The molecule has 0 aliphatic carbocycles. The van der Waals surface area contributed by atoms with Gasteiger partial charge in [0.05, 0.1) is 36.2 Å². The normalized spacial score (nSPS) is 15.6. The van der Waals surface area contributed by atoms with Crippen molar-refractivity contribution in [2.75, 3.05) is 37.0 Å². The van der Waals surface area contributed by atoms with E-state index >= 15 is 0 Å². The molecule has 0 radical (unpaired) electrons. The highest BCUT2D eigenvalue weighted by Crippen LogP contribution is 2.37. The Morgan fingerprint density at radius 1 is 1.10 bits per heavy atom. The number of ether oxygens (including phenoxy) is 2. The van der Waals surface area contributed by atoms with Gasteiger partial charge in [-0.05, 0) is 48.0 Å². The number of rotatable bonds is 8. The molecule has 0 unspecified atom stereocenters.